The molecule has 0 radical (unpaired) electrons. The van der Waals surface area contributed by atoms with Gasteiger partial charge in [-0.25, -0.2) is 0 Å². The van der Waals surface area contributed by atoms with E-state index in [4.69, 9.17) is 4.74 Å². The van der Waals surface area contributed by atoms with Gasteiger partial charge >= 0.3 is 5.97 Å². The fourth-order valence-electron chi connectivity index (χ4n) is 1.57. The van der Waals surface area contributed by atoms with Gasteiger partial charge in [-0.15, -0.1) is 0 Å². The number of rotatable bonds is 4. The van der Waals surface area contributed by atoms with Crippen molar-refractivity contribution >= 4 is 5.97 Å². The van der Waals surface area contributed by atoms with E-state index >= 15 is 0 Å². The summed E-state index contributed by atoms with van der Waals surface area (Å²) in [4.78, 5) is 11.5. The molecular formula is C11H21NO2. The topological polar surface area (TPSA) is 38.3 Å². The van der Waals surface area contributed by atoms with E-state index in [-0.39, 0.29) is 11.9 Å². The molecule has 1 rings (SSSR count). The van der Waals surface area contributed by atoms with Crippen LogP contribution in [0.15, 0.2) is 0 Å². The van der Waals surface area contributed by atoms with Crippen LogP contribution in [-0.2, 0) is 9.53 Å². The number of carbonyl (C=O) groups is 1. The molecule has 82 valence electrons. The van der Waals surface area contributed by atoms with Gasteiger partial charge in [0.15, 0.2) is 0 Å². The van der Waals surface area contributed by atoms with Crippen LogP contribution in [0.2, 0.25) is 0 Å². The van der Waals surface area contributed by atoms with Crippen molar-refractivity contribution in [2.45, 2.75) is 33.1 Å². The average Bonchev–Trinajstić information content (AvgIpc) is 2.18. The molecule has 1 saturated heterocycles. The van der Waals surface area contributed by atoms with Crippen molar-refractivity contribution < 1.29 is 9.53 Å². The molecule has 3 nitrogen and oxygen atoms in total. The predicted octanol–water partition coefficient (Wildman–Crippen LogP) is 1.58. The van der Waals surface area contributed by atoms with E-state index in [1.807, 2.05) is 0 Å². The van der Waals surface area contributed by atoms with E-state index in [1.54, 1.807) is 0 Å². The summed E-state index contributed by atoms with van der Waals surface area (Å²) in [6.07, 6.45) is 3.03. The van der Waals surface area contributed by atoms with E-state index in [2.05, 4.69) is 19.2 Å². The van der Waals surface area contributed by atoms with Gasteiger partial charge in [0.2, 0.25) is 0 Å². The van der Waals surface area contributed by atoms with Crippen molar-refractivity contribution in [3.05, 3.63) is 0 Å². The van der Waals surface area contributed by atoms with Crippen LogP contribution in [0.3, 0.4) is 0 Å². The predicted molar refractivity (Wildman–Crippen MR) is 56.0 cm³/mol. The molecule has 1 aliphatic heterocycles. The van der Waals surface area contributed by atoms with Crippen LogP contribution in [0, 0.1) is 11.8 Å². The van der Waals surface area contributed by atoms with Crippen LogP contribution in [0.4, 0.5) is 0 Å². The van der Waals surface area contributed by atoms with Crippen molar-refractivity contribution in [1.29, 1.82) is 0 Å². The zero-order valence-corrected chi connectivity index (χ0v) is 9.21. The van der Waals surface area contributed by atoms with Crippen LogP contribution in [-0.4, -0.2) is 25.7 Å². The lowest BCUT2D eigenvalue weighted by atomic mass is 10.0. The number of ether oxygens (including phenoxy) is 1. The van der Waals surface area contributed by atoms with Crippen molar-refractivity contribution in [2.75, 3.05) is 19.7 Å². The molecule has 1 heterocycles. The van der Waals surface area contributed by atoms with E-state index in [0.717, 1.165) is 32.4 Å². The van der Waals surface area contributed by atoms with Crippen LogP contribution in [0.5, 0.6) is 0 Å². The number of carbonyl (C=O) groups excluding carboxylic acids is 1. The third-order valence-electron chi connectivity index (χ3n) is 2.57. The minimum Gasteiger partial charge on any atom is -0.465 e. The molecule has 0 aromatic carbocycles. The summed E-state index contributed by atoms with van der Waals surface area (Å²) >= 11 is 0. The highest BCUT2D eigenvalue weighted by Gasteiger charge is 2.21. The first-order valence-corrected chi connectivity index (χ1v) is 5.57. The van der Waals surface area contributed by atoms with Gasteiger partial charge in [0.25, 0.3) is 0 Å². The van der Waals surface area contributed by atoms with Crippen molar-refractivity contribution in [3.8, 4) is 0 Å². The largest absolute Gasteiger partial charge is 0.465 e. The molecule has 1 N–H and O–H groups in total. The maximum absolute atomic E-state index is 11.5. The van der Waals surface area contributed by atoms with Gasteiger partial charge in [-0.05, 0) is 31.7 Å². The molecule has 0 bridgehead atoms. The van der Waals surface area contributed by atoms with Crippen molar-refractivity contribution in [2.24, 2.45) is 11.8 Å². The molecule has 0 aromatic rings. The second kappa shape index (κ2) is 6.02. The molecule has 1 unspecified atom stereocenters. The maximum atomic E-state index is 11.5. The molecule has 0 spiro atoms. The Morgan fingerprint density at radius 2 is 2.36 bits per heavy atom. The first-order chi connectivity index (χ1) is 6.70. The number of esters is 1. The standard InChI is InChI=1S/C11H21NO2/c1-9(2)5-7-14-11(13)10-4-3-6-12-8-10/h9-10,12H,3-8H2,1-2H3. The lowest BCUT2D eigenvalue weighted by Gasteiger charge is -2.21. The lowest BCUT2D eigenvalue weighted by molar-refractivity contribution is -0.149. The van der Waals surface area contributed by atoms with Gasteiger partial charge in [0.05, 0.1) is 12.5 Å². The highest BCUT2D eigenvalue weighted by atomic mass is 16.5. The zero-order valence-electron chi connectivity index (χ0n) is 9.21. The average molecular weight is 199 g/mol. The van der Waals surface area contributed by atoms with E-state index < -0.39 is 0 Å². The van der Waals surface area contributed by atoms with E-state index in [1.165, 1.54) is 0 Å². The lowest BCUT2D eigenvalue weighted by Crippen LogP contribution is -2.35. The minimum atomic E-state index is -0.0159. The van der Waals surface area contributed by atoms with Gasteiger partial charge < -0.3 is 10.1 Å². The molecule has 1 atom stereocenters. The molecule has 0 aromatic heterocycles. The Balaban J connectivity index is 2.13. The summed E-state index contributed by atoms with van der Waals surface area (Å²) in [5, 5.41) is 3.21. The van der Waals surface area contributed by atoms with Crippen LogP contribution in [0.1, 0.15) is 33.1 Å². The Labute approximate surface area is 86.2 Å². The monoisotopic (exact) mass is 199 g/mol. The molecule has 1 fully saturated rings. The molecule has 3 heteroatoms. The molecule has 1 aliphatic rings. The van der Waals surface area contributed by atoms with Gasteiger partial charge in [-0.1, -0.05) is 13.8 Å². The van der Waals surface area contributed by atoms with Gasteiger partial charge in [-0.2, -0.15) is 0 Å². The smallest absolute Gasteiger partial charge is 0.310 e. The Hall–Kier alpha value is -0.570. The second-order valence-electron chi connectivity index (χ2n) is 4.39. The van der Waals surface area contributed by atoms with Gasteiger partial charge in [0, 0.05) is 6.54 Å². The molecule has 14 heavy (non-hydrogen) atoms. The summed E-state index contributed by atoms with van der Waals surface area (Å²) in [6, 6.07) is 0. The Kier molecular flexibility index (Phi) is 4.94. The number of hydrogen-bond acceptors (Lipinski definition) is 3. The normalized spacial score (nSPS) is 22.4. The summed E-state index contributed by atoms with van der Waals surface area (Å²) in [5.41, 5.74) is 0. The number of hydrogen-bond donors (Lipinski definition) is 1. The summed E-state index contributed by atoms with van der Waals surface area (Å²) < 4.78 is 5.21. The SMILES string of the molecule is CC(C)CCOC(=O)C1CCCNC1. The summed E-state index contributed by atoms with van der Waals surface area (Å²) in [7, 11) is 0. The second-order valence-corrected chi connectivity index (χ2v) is 4.39. The zero-order chi connectivity index (χ0) is 10.4. The van der Waals surface area contributed by atoms with Gasteiger partial charge in [0.1, 0.15) is 0 Å². The fourth-order valence-corrected chi connectivity index (χ4v) is 1.57. The third kappa shape index (κ3) is 4.09. The summed E-state index contributed by atoms with van der Waals surface area (Å²) in [5.74, 6) is 0.682. The van der Waals surface area contributed by atoms with Crippen molar-refractivity contribution in [3.63, 3.8) is 0 Å². The maximum Gasteiger partial charge on any atom is 0.310 e. The third-order valence-corrected chi connectivity index (χ3v) is 2.57. The first-order valence-electron chi connectivity index (χ1n) is 5.57. The van der Waals surface area contributed by atoms with E-state index in [0.29, 0.717) is 12.5 Å². The Bertz CT molecular complexity index is 174. The highest BCUT2D eigenvalue weighted by Crippen LogP contribution is 2.12. The first kappa shape index (κ1) is 11.5. The molecule has 0 saturated carbocycles. The molecular weight excluding hydrogens is 178 g/mol. The quantitative estimate of drug-likeness (QED) is 0.698. The van der Waals surface area contributed by atoms with Crippen LogP contribution >= 0.6 is 0 Å². The highest BCUT2D eigenvalue weighted by molar-refractivity contribution is 5.72. The van der Waals surface area contributed by atoms with Crippen LogP contribution in [0.25, 0.3) is 0 Å². The van der Waals surface area contributed by atoms with Gasteiger partial charge in [-0.3, -0.25) is 4.79 Å². The Morgan fingerprint density at radius 3 is 2.93 bits per heavy atom. The van der Waals surface area contributed by atoms with Crippen LogP contribution < -0.4 is 5.32 Å². The van der Waals surface area contributed by atoms with Crippen molar-refractivity contribution in [1.82, 2.24) is 5.32 Å². The molecule has 0 aliphatic carbocycles. The fraction of sp³-hybridized carbons (Fsp3) is 0.909. The number of piperidine rings is 1. The minimum absolute atomic E-state index is 0.0159. The number of nitrogens with one attached hydrogen (secondary N) is 1. The molecule has 0 amide bonds. The Morgan fingerprint density at radius 1 is 1.57 bits per heavy atom. The summed E-state index contributed by atoms with van der Waals surface area (Å²) in [6.45, 7) is 6.68. The van der Waals surface area contributed by atoms with E-state index in [9.17, 15) is 4.79 Å².